The minimum atomic E-state index is -0.756. The Hall–Kier alpha value is -0.650. The number of ether oxygens (including phenoxy) is 2. The van der Waals surface area contributed by atoms with Crippen LogP contribution in [0, 0.1) is 5.92 Å². The lowest BCUT2D eigenvalue weighted by molar-refractivity contribution is -0.142. The Morgan fingerprint density at radius 2 is 2.00 bits per heavy atom. The van der Waals surface area contributed by atoms with Crippen LogP contribution in [0.4, 0.5) is 0 Å². The fourth-order valence-electron chi connectivity index (χ4n) is 1.39. The van der Waals surface area contributed by atoms with Crippen LogP contribution in [0.3, 0.4) is 0 Å². The number of carboxylic acid groups (broad SMARTS) is 1. The van der Waals surface area contributed by atoms with Crippen molar-refractivity contribution >= 4 is 5.97 Å². The van der Waals surface area contributed by atoms with Crippen molar-refractivity contribution < 1.29 is 19.4 Å². The number of rotatable bonds is 11. The van der Waals surface area contributed by atoms with Crippen LogP contribution in [0.5, 0.6) is 0 Å². The van der Waals surface area contributed by atoms with E-state index in [1.807, 2.05) is 0 Å². The first-order chi connectivity index (χ1) is 7.72. The molecule has 0 aromatic carbocycles. The van der Waals surface area contributed by atoms with Gasteiger partial charge in [0.25, 0.3) is 0 Å². The van der Waals surface area contributed by atoms with Gasteiger partial charge < -0.3 is 20.3 Å². The lowest BCUT2D eigenvalue weighted by Crippen LogP contribution is -2.17. The predicted octanol–water partition coefficient (Wildman–Crippen LogP) is 0.869. The van der Waals surface area contributed by atoms with Crippen molar-refractivity contribution in [3.05, 3.63) is 0 Å². The van der Waals surface area contributed by atoms with Crippen LogP contribution in [-0.4, -0.2) is 44.6 Å². The number of carboxylic acids is 1. The van der Waals surface area contributed by atoms with Crippen molar-refractivity contribution in [3.63, 3.8) is 0 Å². The van der Waals surface area contributed by atoms with E-state index in [1.165, 1.54) is 0 Å². The summed E-state index contributed by atoms with van der Waals surface area (Å²) >= 11 is 0. The maximum absolute atomic E-state index is 10.9. The molecule has 16 heavy (non-hydrogen) atoms. The van der Waals surface area contributed by atoms with Gasteiger partial charge in [-0.3, -0.25) is 4.79 Å². The monoisotopic (exact) mass is 233 g/mol. The van der Waals surface area contributed by atoms with Gasteiger partial charge in [0, 0.05) is 26.9 Å². The quantitative estimate of drug-likeness (QED) is 0.517. The lowest BCUT2D eigenvalue weighted by atomic mass is 10.0. The van der Waals surface area contributed by atoms with Gasteiger partial charge >= 0.3 is 5.97 Å². The molecule has 0 aromatic heterocycles. The molecule has 0 saturated heterocycles. The fraction of sp³-hybridized carbons (Fsp3) is 0.909. The number of hydrogen-bond donors (Lipinski definition) is 2. The second-order valence-corrected chi connectivity index (χ2v) is 3.71. The third-order valence-electron chi connectivity index (χ3n) is 2.35. The van der Waals surface area contributed by atoms with Crippen LogP contribution >= 0.6 is 0 Å². The highest BCUT2D eigenvalue weighted by atomic mass is 16.5. The molecule has 0 aliphatic rings. The van der Waals surface area contributed by atoms with E-state index in [2.05, 4.69) is 0 Å². The van der Waals surface area contributed by atoms with Gasteiger partial charge in [-0.2, -0.15) is 0 Å². The minimum absolute atomic E-state index is 0.328. The molecule has 1 unspecified atom stereocenters. The van der Waals surface area contributed by atoms with Crippen LogP contribution in [-0.2, 0) is 14.3 Å². The maximum Gasteiger partial charge on any atom is 0.306 e. The topological polar surface area (TPSA) is 81.8 Å². The third-order valence-corrected chi connectivity index (χ3v) is 2.35. The zero-order valence-electron chi connectivity index (χ0n) is 9.98. The second kappa shape index (κ2) is 10.9. The lowest BCUT2D eigenvalue weighted by Gasteiger charge is -2.11. The molecule has 5 heteroatoms. The van der Waals surface area contributed by atoms with Crippen LogP contribution < -0.4 is 5.73 Å². The van der Waals surface area contributed by atoms with Gasteiger partial charge in [0.05, 0.1) is 5.92 Å². The molecule has 96 valence electrons. The molecule has 0 rings (SSSR count). The van der Waals surface area contributed by atoms with E-state index in [-0.39, 0.29) is 5.92 Å². The summed E-state index contributed by atoms with van der Waals surface area (Å²) in [6.45, 7) is 2.33. The second-order valence-electron chi connectivity index (χ2n) is 3.71. The Balaban J connectivity index is 3.48. The molecule has 0 radical (unpaired) electrons. The number of nitrogens with two attached hydrogens (primary N) is 1. The third kappa shape index (κ3) is 8.64. The summed E-state index contributed by atoms with van der Waals surface area (Å²) in [6, 6.07) is 0. The minimum Gasteiger partial charge on any atom is -0.481 e. The van der Waals surface area contributed by atoms with E-state index in [0.717, 1.165) is 12.8 Å². The Labute approximate surface area is 96.9 Å². The molecule has 0 amide bonds. The first-order valence-corrected chi connectivity index (χ1v) is 5.72. The molecule has 0 spiro atoms. The van der Waals surface area contributed by atoms with Crippen molar-refractivity contribution in [3.8, 4) is 0 Å². The van der Waals surface area contributed by atoms with E-state index in [4.69, 9.17) is 20.3 Å². The van der Waals surface area contributed by atoms with E-state index in [1.54, 1.807) is 7.11 Å². The van der Waals surface area contributed by atoms with E-state index in [9.17, 15) is 4.79 Å². The van der Waals surface area contributed by atoms with Gasteiger partial charge in [-0.05, 0) is 32.2 Å². The molecule has 0 aromatic rings. The summed E-state index contributed by atoms with van der Waals surface area (Å²) in [7, 11) is 1.65. The van der Waals surface area contributed by atoms with Gasteiger partial charge in [0.15, 0.2) is 0 Å². The molecular formula is C11H23NO4. The van der Waals surface area contributed by atoms with Gasteiger partial charge in [-0.15, -0.1) is 0 Å². The summed E-state index contributed by atoms with van der Waals surface area (Å²) in [6.07, 6.45) is 2.78. The van der Waals surface area contributed by atoms with Crippen LogP contribution in [0.1, 0.15) is 25.7 Å². The smallest absolute Gasteiger partial charge is 0.306 e. The molecule has 3 N–H and O–H groups in total. The summed E-state index contributed by atoms with van der Waals surface area (Å²) in [4.78, 5) is 10.9. The number of aliphatic carboxylic acids is 1. The molecule has 0 aliphatic carbocycles. The van der Waals surface area contributed by atoms with Gasteiger partial charge in [0.2, 0.25) is 0 Å². The Bertz CT molecular complexity index is 175. The Morgan fingerprint density at radius 1 is 1.25 bits per heavy atom. The first kappa shape index (κ1) is 15.3. The first-order valence-electron chi connectivity index (χ1n) is 5.72. The summed E-state index contributed by atoms with van der Waals surface area (Å²) in [5, 5.41) is 8.92. The maximum atomic E-state index is 10.9. The molecule has 5 nitrogen and oxygen atoms in total. The van der Waals surface area contributed by atoms with E-state index in [0.29, 0.717) is 39.2 Å². The number of hydrogen-bond acceptors (Lipinski definition) is 4. The van der Waals surface area contributed by atoms with E-state index < -0.39 is 5.97 Å². The fourth-order valence-corrected chi connectivity index (χ4v) is 1.39. The molecule has 1 atom stereocenters. The molecule has 0 bridgehead atoms. The van der Waals surface area contributed by atoms with Crippen molar-refractivity contribution in [1.82, 2.24) is 0 Å². The number of carbonyl (C=O) groups is 1. The van der Waals surface area contributed by atoms with Crippen molar-refractivity contribution in [2.75, 3.05) is 33.5 Å². The summed E-state index contributed by atoms with van der Waals surface area (Å²) in [5.74, 6) is -1.08. The zero-order chi connectivity index (χ0) is 12.2. The van der Waals surface area contributed by atoms with E-state index >= 15 is 0 Å². The zero-order valence-corrected chi connectivity index (χ0v) is 9.98. The molecule has 0 saturated carbocycles. The number of methoxy groups -OCH3 is 1. The summed E-state index contributed by atoms with van der Waals surface area (Å²) in [5.41, 5.74) is 5.35. The molecule has 0 aliphatic heterocycles. The molecule has 0 fully saturated rings. The normalized spacial score (nSPS) is 12.6. The molecule has 0 heterocycles. The van der Waals surface area contributed by atoms with Crippen molar-refractivity contribution in [1.29, 1.82) is 0 Å². The average Bonchev–Trinajstić information content (AvgIpc) is 2.26. The highest BCUT2D eigenvalue weighted by Crippen LogP contribution is 2.11. The predicted molar refractivity (Wildman–Crippen MR) is 61.3 cm³/mol. The van der Waals surface area contributed by atoms with Gasteiger partial charge in [-0.1, -0.05) is 0 Å². The van der Waals surface area contributed by atoms with Crippen LogP contribution in [0.2, 0.25) is 0 Å². The standard InChI is InChI=1S/C11H23NO4/c1-15-7-3-8-16-9-5-10(11(13)14)4-2-6-12/h10H,2-9,12H2,1H3,(H,13,14). The Kier molecular flexibility index (Phi) is 10.4. The van der Waals surface area contributed by atoms with Gasteiger partial charge in [0.1, 0.15) is 0 Å². The summed E-state index contributed by atoms with van der Waals surface area (Å²) < 4.78 is 10.2. The highest BCUT2D eigenvalue weighted by molar-refractivity contribution is 5.69. The molecular weight excluding hydrogens is 210 g/mol. The SMILES string of the molecule is COCCCOCCC(CCCN)C(=O)O. The van der Waals surface area contributed by atoms with Crippen LogP contribution in [0.15, 0.2) is 0 Å². The van der Waals surface area contributed by atoms with Crippen LogP contribution in [0.25, 0.3) is 0 Å². The van der Waals surface area contributed by atoms with Crippen molar-refractivity contribution in [2.24, 2.45) is 11.7 Å². The largest absolute Gasteiger partial charge is 0.481 e. The Morgan fingerprint density at radius 3 is 2.56 bits per heavy atom. The van der Waals surface area contributed by atoms with Crippen molar-refractivity contribution in [2.45, 2.75) is 25.7 Å². The average molecular weight is 233 g/mol. The van der Waals surface area contributed by atoms with Gasteiger partial charge in [-0.25, -0.2) is 0 Å². The highest BCUT2D eigenvalue weighted by Gasteiger charge is 2.16.